The maximum absolute atomic E-state index is 11.1. The molecule has 0 amide bonds. The lowest BCUT2D eigenvalue weighted by Crippen LogP contribution is -2.06. The predicted octanol–water partition coefficient (Wildman–Crippen LogP) is 1.44. The summed E-state index contributed by atoms with van der Waals surface area (Å²) in [6, 6.07) is 1.70. The first-order valence-electron chi connectivity index (χ1n) is 5.28. The summed E-state index contributed by atoms with van der Waals surface area (Å²) in [6.07, 6.45) is 3.12. The lowest BCUT2D eigenvalue weighted by molar-refractivity contribution is 0.0695. The lowest BCUT2D eigenvalue weighted by atomic mass is 10.1. The van der Waals surface area contributed by atoms with Crippen molar-refractivity contribution in [1.82, 2.24) is 15.0 Å². The van der Waals surface area contributed by atoms with E-state index in [1.54, 1.807) is 32.3 Å². The van der Waals surface area contributed by atoms with Gasteiger partial charge in [-0.25, -0.2) is 14.8 Å². The smallest absolute Gasteiger partial charge is 0.337 e. The molecule has 2 heterocycles. The molecule has 18 heavy (non-hydrogen) atoms. The van der Waals surface area contributed by atoms with Crippen LogP contribution in [-0.2, 0) is 0 Å². The highest BCUT2D eigenvalue weighted by molar-refractivity contribution is 5.91. The van der Waals surface area contributed by atoms with Crippen LogP contribution in [0.4, 0.5) is 5.95 Å². The SMILES string of the molecule is Cc1cc(-c2cnc(N)nc2)nc(C)c1C(=O)O. The molecule has 0 radical (unpaired) electrons. The number of aromatic nitrogens is 3. The van der Waals surface area contributed by atoms with Crippen LogP contribution in [0, 0.1) is 13.8 Å². The zero-order valence-corrected chi connectivity index (χ0v) is 10.0. The van der Waals surface area contributed by atoms with E-state index in [1.165, 1.54) is 0 Å². The number of carboxylic acid groups (broad SMARTS) is 1. The minimum Gasteiger partial charge on any atom is -0.478 e. The number of anilines is 1. The summed E-state index contributed by atoms with van der Waals surface area (Å²) >= 11 is 0. The number of aromatic carboxylic acids is 1. The van der Waals surface area contributed by atoms with Gasteiger partial charge in [0.1, 0.15) is 0 Å². The Morgan fingerprint density at radius 2 is 1.89 bits per heavy atom. The highest BCUT2D eigenvalue weighted by Gasteiger charge is 2.14. The second-order valence-corrected chi connectivity index (χ2v) is 3.92. The van der Waals surface area contributed by atoms with Crippen molar-refractivity contribution in [2.45, 2.75) is 13.8 Å². The van der Waals surface area contributed by atoms with Crippen molar-refractivity contribution in [3.05, 3.63) is 35.3 Å². The first-order valence-corrected chi connectivity index (χ1v) is 5.28. The maximum atomic E-state index is 11.1. The average Bonchev–Trinajstić information content (AvgIpc) is 2.28. The van der Waals surface area contributed by atoms with Gasteiger partial charge < -0.3 is 10.8 Å². The zero-order chi connectivity index (χ0) is 13.3. The molecule has 0 saturated heterocycles. The Bertz CT molecular complexity index is 585. The van der Waals surface area contributed by atoms with Crippen molar-refractivity contribution in [3.63, 3.8) is 0 Å². The number of nitrogens with zero attached hydrogens (tertiary/aromatic N) is 3. The van der Waals surface area contributed by atoms with Crippen LogP contribution in [0.3, 0.4) is 0 Å². The Morgan fingerprint density at radius 1 is 1.28 bits per heavy atom. The van der Waals surface area contributed by atoms with Gasteiger partial charge in [-0.15, -0.1) is 0 Å². The molecule has 0 aliphatic rings. The summed E-state index contributed by atoms with van der Waals surface area (Å²) in [7, 11) is 0. The van der Waals surface area contributed by atoms with E-state index in [-0.39, 0.29) is 11.5 Å². The van der Waals surface area contributed by atoms with Crippen LogP contribution in [0.2, 0.25) is 0 Å². The van der Waals surface area contributed by atoms with E-state index in [4.69, 9.17) is 10.8 Å². The van der Waals surface area contributed by atoms with E-state index in [2.05, 4.69) is 15.0 Å². The van der Waals surface area contributed by atoms with E-state index >= 15 is 0 Å². The van der Waals surface area contributed by atoms with E-state index in [0.717, 1.165) is 0 Å². The summed E-state index contributed by atoms with van der Waals surface area (Å²) < 4.78 is 0. The van der Waals surface area contributed by atoms with Crippen molar-refractivity contribution in [2.75, 3.05) is 5.73 Å². The molecule has 0 atom stereocenters. The molecular weight excluding hydrogens is 232 g/mol. The number of hydrogen-bond acceptors (Lipinski definition) is 5. The minimum absolute atomic E-state index is 0.189. The molecule has 0 aromatic carbocycles. The zero-order valence-electron chi connectivity index (χ0n) is 10.0. The molecule has 0 aliphatic heterocycles. The third-order valence-electron chi connectivity index (χ3n) is 2.58. The van der Waals surface area contributed by atoms with Crippen LogP contribution in [0.15, 0.2) is 18.5 Å². The number of nitrogens with two attached hydrogens (primary N) is 1. The van der Waals surface area contributed by atoms with Gasteiger partial charge in [0, 0.05) is 18.0 Å². The van der Waals surface area contributed by atoms with Crippen molar-refractivity contribution < 1.29 is 9.90 Å². The number of pyridine rings is 1. The fraction of sp³-hybridized carbons (Fsp3) is 0.167. The molecule has 0 aliphatic carbocycles. The molecule has 0 unspecified atom stereocenters. The monoisotopic (exact) mass is 244 g/mol. The van der Waals surface area contributed by atoms with Crippen LogP contribution in [0.5, 0.6) is 0 Å². The summed E-state index contributed by atoms with van der Waals surface area (Å²) in [5.74, 6) is -0.785. The molecule has 0 spiro atoms. The van der Waals surface area contributed by atoms with E-state index in [9.17, 15) is 4.79 Å². The van der Waals surface area contributed by atoms with Gasteiger partial charge in [0.05, 0.1) is 17.0 Å². The van der Waals surface area contributed by atoms with Crippen LogP contribution in [0.1, 0.15) is 21.6 Å². The lowest BCUT2D eigenvalue weighted by Gasteiger charge is -2.08. The Labute approximate surface area is 104 Å². The molecule has 6 nitrogen and oxygen atoms in total. The molecule has 2 rings (SSSR count). The summed E-state index contributed by atoms with van der Waals surface area (Å²) in [5, 5.41) is 9.06. The Morgan fingerprint density at radius 3 is 2.39 bits per heavy atom. The first kappa shape index (κ1) is 12.0. The van der Waals surface area contributed by atoms with Crippen LogP contribution in [-0.4, -0.2) is 26.0 Å². The predicted molar refractivity (Wildman–Crippen MR) is 66.1 cm³/mol. The largest absolute Gasteiger partial charge is 0.478 e. The molecule has 0 bridgehead atoms. The fourth-order valence-electron chi connectivity index (χ4n) is 1.77. The fourth-order valence-corrected chi connectivity index (χ4v) is 1.77. The van der Waals surface area contributed by atoms with E-state index in [0.29, 0.717) is 22.5 Å². The summed E-state index contributed by atoms with van der Waals surface area (Å²) in [5.41, 5.74) is 8.10. The number of hydrogen-bond donors (Lipinski definition) is 2. The topological polar surface area (TPSA) is 102 Å². The molecule has 2 aromatic heterocycles. The van der Waals surface area contributed by atoms with Crippen molar-refractivity contribution in [3.8, 4) is 11.3 Å². The first-order chi connectivity index (χ1) is 8.49. The van der Waals surface area contributed by atoms with Gasteiger partial charge in [-0.2, -0.15) is 0 Å². The molecule has 6 heteroatoms. The van der Waals surface area contributed by atoms with Gasteiger partial charge >= 0.3 is 5.97 Å². The van der Waals surface area contributed by atoms with Crippen LogP contribution >= 0.6 is 0 Å². The average molecular weight is 244 g/mol. The number of carboxylic acids is 1. The molecule has 3 N–H and O–H groups in total. The van der Waals surface area contributed by atoms with Crippen LogP contribution in [0.25, 0.3) is 11.3 Å². The molecule has 0 fully saturated rings. The summed E-state index contributed by atoms with van der Waals surface area (Å²) in [6.45, 7) is 3.40. The Balaban J connectivity index is 2.54. The Kier molecular flexibility index (Phi) is 2.93. The highest BCUT2D eigenvalue weighted by atomic mass is 16.4. The quantitative estimate of drug-likeness (QED) is 0.828. The number of nitrogen functional groups attached to an aromatic ring is 1. The second-order valence-electron chi connectivity index (χ2n) is 3.92. The van der Waals surface area contributed by atoms with Crippen molar-refractivity contribution >= 4 is 11.9 Å². The van der Waals surface area contributed by atoms with Gasteiger partial charge in [-0.3, -0.25) is 4.98 Å². The normalized spacial score (nSPS) is 10.3. The van der Waals surface area contributed by atoms with E-state index in [1.807, 2.05) is 0 Å². The van der Waals surface area contributed by atoms with Gasteiger partial charge in [0.25, 0.3) is 0 Å². The summed E-state index contributed by atoms with van der Waals surface area (Å²) in [4.78, 5) is 23.1. The molecule has 2 aromatic rings. The van der Waals surface area contributed by atoms with Crippen LogP contribution < -0.4 is 5.73 Å². The van der Waals surface area contributed by atoms with Gasteiger partial charge in [-0.05, 0) is 25.5 Å². The molecule has 0 saturated carbocycles. The van der Waals surface area contributed by atoms with Crippen molar-refractivity contribution in [2.24, 2.45) is 0 Å². The van der Waals surface area contributed by atoms with E-state index < -0.39 is 5.97 Å². The number of carbonyl (C=O) groups is 1. The van der Waals surface area contributed by atoms with Crippen molar-refractivity contribution in [1.29, 1.82) is 0 Å². The Hall–Kier alpha value is -2.50. The van der Waals surface area contributed by atoms with Gasteiger partial charge in [0.2, 0.25) is 5.95 Å². The van der Waals surface area contributed by atoms with Gasteiger partial charge in [0.15, 0.2) is 0 Å². The highest BCUT2D eigenvalue weighted by Crippen LogP contribution is 2.21. The molecular formula is C12H12N4O2. The number of rotatable bonds is 2. The third-order valence-corrected chi connectivity index (χ3v) is 2.58. The maximum Gasteiger partial charge on any atom is 0.337 e. The second kappa shape index (κ2) is 4.40. The van der Waals surface area contributed by atoms with Gasteiger partial charge in [-0.1, -0.05) is 0 Å². The standard InChI is InChI=1S/C12H12N4O2/c1-6-3-9(8-4-14-12(13)15-5-8)16-7(2)10(6)11(17)18/h3-5H,1-2H3,(H,17,18)(H2,13,14,15). The number of aryl methyl sites for hydroxylation is 2. The molecule has 92 valence electrons. The third kappa shape index (κ3) is 2.13. The minimum atomic E-state index is -0.974.